The maximum Gasteiger partial charge on any atom is 0.335 e. The zero-order chi connectivity index (χ0) is 13.8. The van der Waals surface area contributed by atoms with Crippen LogP contribution in [0.25, 0.3) is 0 Å². The highest BCUT2D eigenvalue weighted by molar-refractivity contribution is 5.88. The maximum absolute atomic E-state index is 10.9. The molecular weight excluding hydrogens is 242 g/mol. The summed E-state index contributed by atoms with van der Waals surface area (Å²) < 4.78 is 5.20. The van der Waals surface area contributed by atoms with Crippen molar-refractivity contribution in [2.75, 3.05) is 31.7 Å². The number of nitrogens with zero attached hydrogens (tertiary/aromatic N) is 1. The summed E-state index contributed by atoms with van der Waals surface area (Å²) in [6.07, 6.45) is 2.27. The quantitative estimate of drug-likeness (QED) is 0.907. The molecule has 0 radical (unpaired) electrons. The number of aryl methyl sites for hydroxylation is 1. The second-order valence-electron chi connectivity index (χ2n) is 5.19. The van der Waals surface area contributed by atoms with Crippen LogP contribution >= 0.6 is 0 Å². The van der Waals surface area contributed by atoms with Crippen LogP contribution in [0.2, 0.25) is 0 Å². The number of hydrogen-bond donors (Lipinski definition) is 1. The van der Waals surface area contributed by atoms with Crippen molar-refractivity contribution in [3.8, 4) is 0 Å². The van der Waals surface area contributed by atoms with E-state index in [1.54, 1.807) is 19.2 Å². The smallest absolute Gasteiger partial charge is 0.335 e. The highest BCUT2D eigenvalue weighted by Gasteiger charge is 2.20. The predicted octanol–water partition coefficient (Wildman–Crippen LogP) is 2.56. The molecule has 19 heavy (non-hydrogen) atoms. The first kappa shape index (κ1) is 13.9. The van der Waals surface area contributed by atoms with Gasteiger partial charge in [-0.3, -0.25) is 0 Å². The number of ether oxygens (including phenoxy) is 1. The van der Waals surface area contributed by atoms with Crippen LogP contribution in [0, 0.1) is 12.8 Å². The molecule has 0 atom stereocenters. The van der Waals surface area contributed by atoms with Gasteiger partial charge in [0.1, 0.15) is 0 Å². The van der Waals surface area contributed by atoms with Gasteiger partial charge in [-0.15, -0.1) is 0 Å². The molecule has 0 amide bonds. The highest BCUT2D eigenvalue weighted by atomic mass is 16.5. The van der Waals surface area contributed by atoms with Gasteiger partial charge in [0.2, 0.25) is 0 Å². The lowest BCUT2D eigenvalue weighted by molar-refractivity contribution is 0.0697. The molecule has 0 aliphatic carbocycles. The van der Waals surface area contributed by atoms with Crippen LogP contribution in [0.1, 0.15) is 28.8 Å². The molecule has 1 saturated heterocycles. The van der Waals surface area contributed by atoms with Gasteiger partial charge in [0.15, 0.2) is 0 Å². The number of hydrogen-bond acceptors (Lipinski definition) is 3. The van der Waals surface area contributed by atoms with Crippen LogP contribution in [0.4, 0.5) is 5.69 Å². The van der Waals surface area contributed by atoms with E-state index in [2.05, 4.69) is 4.90 Å². The lowest BCUT2D eigenvalue weighted by Crippen LogP contribution is -2.35. The summed E-state index contributed by atoms with van der Waals surface area (Å²) in [5.74, 6) is -0.215. The third-order valence-corrected chi connectivity index (χ3v) is 3.80. The number of carboxylic acid groups (broad SMARTS) is 1. The second-order valence-corrected chi connectivity index (χ2v) is 5.19. The molecule has 1 aromatic rings. The minimum Gasteiger partial charge on any atom is -0.478 e. The Bertz CT molecular complexity index is 451. The molecule has 0 saturated carbocycles. The van der Waals surface area contributed by atoms with E-state index in [0.717, 1.165) is 43.8 Å². The van der Waals surface area contributed by atoms with Crippen LogP contribution in [0.15, 0.2) is 18.2 Å². The molecule has 1 fully saturated rings. The number of piperidine rings is 1. The topological polar surface area (TPSA) is 49.8 Å². The van der Waals surface area contributed by atoms with Crippen molar-refractivity contribution < 1.29 is 14.6 Å². The van der Waals surface area contributed by atoms with E-state index in [1.807, 2.05) is 13.0 Å². The van der Waals surface area contributed by atoms with Crippen molar-refractivity contribution in [2.24, 2.45) is 5.92 Å². The predicted molar refractivity (Wildman–Crippen MR) is 75.0 cm³/mol. The summed E-state index contributed by atoms with van der Waals surface area (Å²) in [5, 5.41) is 8.98. The lowest BCUT2D eigenvalue weighted by Gasteiger charge is -2.34. The lowest BCUT2D eigenvalue weighted by atomic mass is 9.96. The first-order valence-electron chi connectivity index (χ1n) is 6.69. The van der Waals surface area contributed by atoms with Gasteiger partial charge in [0.05, 0.1) is 5.56 Å². The average molecular weight is 263 g/mol. The van der Waals surface area contributed by atoms with E-state index in [4.69, 9.17) is 9.84 Å². The molecule has 1 heterocycles. The van der Waals surface area contributed by atoms with Crippen molar-refractivity contribution in [3.05, 3.63) is 29.3 Å². The summed E-state index contributed by atoms with van der Waals surface area (Å²) in [6, 6.07) is 5.36. The molecule has 1 aliphatic rings. The van der Waals surface area contributed by atoms with Crippen LogP contribution in [0.3, 0.4) is 0 Å². The monoisotopic (exact) mass is 263 g/mol. The van der Waals surface area contributed by atoms with Crippen molar-refractivity contribution >= 4 is 11.7 Å². The molecule has 0 aromatic heterocycles. The Morgan fingerprint density at radius 1 is 1.42 bits per heavy atom. The maximum atomic E-state index is 10.9. The van der Waals surface area contributed by atoms with E-state index >= 15 is 0 Å². The Balaban J connectivity index is 2.05. The average Bonchev–Trinajstić information content (AvgIpc) is 2.40. The van der Waals surface area contributed by atoms with Gasteiger partial charge in [0, 0.05) is 32.5 Å². The molecule has 4 nitrogen and oxygen atoms in total. The van der Waals surface area contributed by atoms with Crippen LogP contribution < -0.4 is 4.90 Å². The van der Waals surface area contributed by atoms with Crippen LogP contribution in [-0.4, -0.2) is 37.9 Å². The Kier molecular flexibility index (Phi) is 4.43. The van der Waals surface area contributed by atoms with Gasteiger partial charge in [-0.1, -0.05) is 0 Å². The fraction of sp³-hybridized carbons (Fsp3) is 0.533. The Morgan fingerprint density at radius 3 is 2.63 bits per heavy atom. The van der Waals surface area contributed by atoms with Crippen molar-refractivity contribution in [1.82, 2.24) is 0 Å². The largest absolute Gasteiger partial charge is 0.478 e. The van der Waals surface area contributed by atoms with Gasteiger partial charge < -0.3 is 14.7 Å². The number of anilines is 1. The molecule has 2 rings (SSSR count). The van der Waals surface area contributed by atoms with Crippen LogP contribution in [-0.2, 0) is 4.74 Å². The third-order valence-electron chi connectivity index (χ3n) is 3.80. The second kappa shape index (κ2) is 6.06. The summed E-state index contributed by atoms with van der Waals surface area (Å²) in [6.45, 7) is 4.84. The summed E-state index contributed by atoms with van der Waals surface area (Å²) in [5.41, 5.74) is 2.54. The number of rotatable bonds is 4. The molecule has 4 heteroatoms. The molecule has 1 N–H and O–H groups in total. The van der Waals surface area contributed by atoms with Gasteiger partial charge in [-0.05, 0) is 49.4 Å². The number of aromatic carboxylic acids is 1. The Morgan fingerprint density at radius 2 is 2.11 bits per heavy atom. The number of carboxylic acids is 1. The van der Waals surface area contributed by atoms with E-state index in [-0.39, 0.29) is 0 Å². The van der Waals surface area contributed by atoms with Crippen molar-refractivity contribution in [3.63, 3.8) is 0 Å². The van der Waals surface area contributed by atoms with Gasteiger partial charge in [-0.25, -0.2) is 4.79 Å². The zero-order valence-corrected chi connectivity index (χ0v) is 11.6. The van der Waals surface area contributed by atoms with Gasteiger partial charge in [-0.2, -0.15) is 0 Å². The molecule has 0 unspecified atom stereocenters. The summed E-state index contributed by atoms with van der Waals surface area (Å²) >= 11 is 0. The molecule has 1 aliphatic heterocycles. The van der Waals surface area contributed by atoms with E-state index in [0.29, 0.717) is 11.5 Å². The number of benzene rings is 1. The third kappa shape index (κ3) is 3.26. The molecule has 104 valence electrons. The van der Waals surface area contributed by atoms with Gasteiger partial charge in [0.25, 0.3) is 0 Å². The van der Waals surface area contributed by atoms with Crippen molar-refractivity contribution in [1.29, 1.82) is 0 Å². The molecule has 0 bridgehead atoms. The Labute approximate surface area is 114 Å². The standard InChI is InChI=1S/C15H21NO3/c1-11-9-13(15(17)18)3-4-14(11)16-7-5-12(6-8-16)10-19-2/h3-4,9,12H,5-8,10H2,1-2H3,(H,17,18). The number of methoxy groups -OCH3 is 1. The first-order chi connectivity index (χ1) is 9.11. The van der Waals surface area contributed by atoms with E-state index in [1.165, 1.54) is 0 Å². The summed E-state index contributed by atoms with van der Waals surface area (Å²) in [4.78, 5) is 13.3. The normalized spacial score (nSPS) is 16.6. The molecule has 1 aromatic carbocycles. The molecule has 0 spiro atoms. The number of carbonyl (C=O) groups is 1. The van der Waals surface area contributed by atoms with Gasteiger partial charge >= 0.3 is 5.97 Å². The first-order valence-corrected chi connectivity index (χ1v) is 6.69. The minimum atomic E-state index is -0.867. The summed E-state index contributed by atoms with van der Waals surface area (Å²) in [7, 11) is 1.75. The highest BCUT2D eigenvalue weighted by Crippen LogP contribution is 2.26. The van der Waals surface area contributed by atoms with Crippen LogP contribution in [0.5, 0.6) is 0 Å². The SMILES string of the molecule is COCC1CCN(c2ccc(C(=O)O)cc2C)CC1. The zero-order valence-electron chi connectivity index (χ0n) is 11.6. The fourth-order valence-electron chi connectivity index (χ4n) is 2.72. The van der Waals surface area contributed by atoms with E-state index in [9.17, 15) is 4.79 Å². The fourth-order valence-corrected chi connectivity index (χ4v) is 2.72. The molecular formula is C15H21NO3. The van der Waals surface area contributed by atoms with Crippen molar-refractivity contribution in [2.45, 2.75) is 19.8 Å². The minimum absolute atomic E-state index is 0.357. The van der Waals surface area contributed by atoms with E-state index < -0.39 is 5.97 Å². The Hall–Kier alpha value is -1.55.